The standard InChI is InChI=1S/C19H20N2O3/c1-4-24-18-11-16(9-10-17(18)23-3)19(22)21(2)13-15-7-5-14(12-20)6-8-15/h5-11H,4,13H2,1-3H3. The van der Waals surface area contributed by atoms with E-state index in [1.54, 1.807) is 49.4 Å². The van der Waals surface area contributed by atoms with Crippen LogP contribution in [-0.4, -0.2) is 31.6 Å². The Balaban J connectivity index is 2.14. The maximum Gasteiger partial charge on any atom is 0.254 e. The number of carbonyl (C=O) groups is 1. The zero-order chi connectivity index (χ0) is 17.5. The van der Waals surface area contributed by atoms with Crippen LogP contribution < -0.4 is 9.47 Å². The minimum absolute atomic E-state index is 0.108. The number of benzene rings is 2. The van der Waals surface area contributed by atoms with Crippen LogP contribution in [0.25, 0.3) is 0 Å². The van der Waals surface area contributed by atoms with Gasteiger partial charge >= 0.3 is 0 Å². The monoisotopic (exact) mass is 324 g/mol. The van der Waals surface area contributed by atoms with Crippen molar-refractivity contribution in [3.05, 3.63) is 59.2 Å². The maximum absolute atomic E-state index is 12.6. The second-order valence-corrected chi connectivity index (χ2v) is 5.27. The van der Waals surface area contributed by atoms with Crippen molar-refractivity contribution in [2.24, 2.45) is 0 Å². The van der Waals surface area contributed by atoms with E-state index in [1.807, 2.05) is 19.1 Å². The summed E-state index contributed by atoms with van der Waals surface area (Å²) in [5.74, 6) is 1.05. The van der Waals surface area contributed by atoms with Crippen LogP contribution in [0.4, 0.5) is 0 Å². The van der Waals surface area contributed by atoms with E-state index in [9.17, 15) is 4.79 Å². The van der Waals surface area contributed by atoms with E-state index >= 15 is 0 Å². The molecule has 5 heteroatoms. The van der Waals surface area contributed by atoms with E-state index in [2.05, 4.69) is 6.07 Å². The summed E-state index contributed by atoms with van der Waals surface area (Å²) in [7, 11) is 3.31. The summed E-state index contributed by atoms with van der Waals surface area (Å²) in [6, 6.07) is 14.4. The number of nitrogens with zero attached hydrogens (tertiary/aromatic N) is 2. The lowest BCUT2D eigenvalue weighted by atomic mass is 10.1. The number of hydrogen-bond acceptors (Lipinski definition) is 4. The van der Waals surface area contributed by atoms with Crippen molar-refractivity contribution in [1.82, 2.24) is 4.90 Å². The van der Waals surface area contributed by atoms with Gasteiger partial charge < -0.3 is 14.4 Å². The molecule has 2 aromatic carbocycles. The number of ether oxygens (including phenoxy) is 2. The molecule has 0 spiro atoms. The maximum atomic E-state index is 12.6. The number of nitriles is 1. The zero-order valence-electron chi connectivity index (χ0n) is 14.1. The average Bonchev–Trinajstić information content (AvgIpc) is 2.62. The van der Waals surface area contributed by atoms with Gasteiger partial charge in [-0.2, -0.15) is 5.26 Å². The lowest BCUT2D eigenvalue weighted by Gasteiger charge is -2.18. The summed E-state index contributed by atoms with van der Waals surface area (Å²) in [4.78, 5) is 14.2. The largest absolute Gasteiger partial charge is 0.493 e. The van der Waals surface area contributed by atoms with E-state index in [4.69, 9.17) is 14.7 Å². The minimum Gasteiger partial charge on any atom is -0.493 e. The fourth-order valence-electron chi connectivity index (χ4n) is 2.33. The van der Waals surface area contributed by atoms with Crippen molar-refractivity contribution in [2.45, 2.75) is 13.5 Å². The van der Waals surface area contributed by atoms with Gasteiger partial charge in [-0.05, 0) is 42.8 Å². The fourth-order valence-corrected chi connectivity index (χ4v) is 2.33. The molecule has 0 unspecified atom stereocenters. The van der Waals surface area contributed by atoms with Gasteiger partial charge in [-0.1, -0.05) is 12.1 Å². The summed E-state index contributed by atoms with van der Waals surface area (Å²) in [6.45, 7) is 2.83. The predicted octanol–water partition coefficient (Wildman–Crippen LogP) is 3.24. The van der Waals surface area contributed by atoms with Gasteiger partial charge in [0, 0.05) is 19.2 Å². The van der Waals surface area contributed by atoms with Crippen molar-refractivity contribution in [3.8, 4) is 17.6 Å². The number of hydrogen-bond donors (Lipinski definition) is 0. The SMILES string of the molecule is CCOc1cc(C(=O)N(C)Cc2ccc(C#N)cc2)ccc1OC. The Morgan fingerprint density at radius 3 is 2.46 bits per heavy atom. The molecule has 5 nitrogen and oxygen atoms in total. The molecule has 0 saturated carbocycles. The Morgan fingerprint density at radius 2 is 1.88 bits per heavy atom. The van der Waals surface area contributed by atoms with Crippen LogP contribution in [-0.2, 0) is 6.54 Å². The van der Waals surface area contributed by atoms with Crippen LogP contribution in [0, 0.1) is 11.3 Å². The molecule has 0 saturated heterocycles. The first-order valence-corrected chi connectivity index (χ1v) is 7.64. The average molecular weight is 324 g/mol. The van der Waals surface area contributed by atoms with Gasteiger partial charge in [-0.15, -0.1) is 0 Å². The van der Waals surface area contributed by atoms with Gasteiger partial charge in [0.05, 0.1) is 25.3 Å². The van der Waals surface area contributed by atoms with Crippen LogP contribution in [0.15, 0.2) is 42.5 Å². The normalized spacial score (nSPS) is 9.92. The third-order valence-corrected chi connectivity index (χ3v) is 3.56. The molecule has 0 aliphatic carbocycles. The molecule has 124 valence electrons. The molecule has 2 aromatic rings. The van der Waals surface area contributed by atoms with Crippen LogP contribution >= 0.6 is 0 Å². The molecule has 0 aromatic heterocycles. The van der Waals surface area contributed by atoms with Gasteiger partial charge in [0.15, 0.2) is 11.5 Å². The molecular weight excluding hydrogens is 304 g/mol. The van der Waals surface area contributed by atoms with E-state index < -0.39 is 0 Å². The summed E-state index contributed by atoms with van der Waals surface area (Å²) in [6.07, 6.45) is 0. The first-order chi connectivity index (χ1) is 11.6. The molecule has 0 bridgehead atoms. The molecule has 0 fully saturated rings. The van der Waals surface area contributed by atoms with Gasteiger partial charge in [0.1, 0.15) is 0 Å². The number of methoxy groups -OCH3 is 1. The van der Waals surface area contributed by atoms with Gasteiger partial charge in [0.2, 0.25) is 0 Å². The van der Waals surface area contributed by atoms with Crippen LogP contribution in [0.5, 0.6) is 11.5 Å². The lowest BCUT2D eigenvalue weighted by Crippen LogP contribution is -2.26. The van der Waals surface area contributed by atoms with Crippen molar-refractivity contribution in [2.75, 3.05) is 20.8 Å². The molecule has 1 amide bonds. The smallest absolute Gasteiger partial charge is 0.254 e. The van der Waals surface area contributed by atoms with Gasteiger partial charge in [-0.3, -0.25) is 4.79 Å². The molecule has 0 N–H and O–H groups in total. The highest BCUT2D eigenvalue weighted by atomic mass is 16.5. The third-order valence-electron chi connectivity index (χ3n) is 3.56. The molecule has 24 heavy (non-hydrogen) atoms. The molecule has 0 aliphatic heterocycles. The minimum atomic E-state index is -0.108. The lowest BCUT2D eigenvalue weighted by molar-refractivity contribution is 0.0784. The highest BCUT2D eigenvalue weighted by Crippen LogP contribution is 2.28. The van der Waals surface area contributed by atoms with Gasteiger partial charge in [-0.25, -0.2) is 0 Å². The number of rotatable bonds is 6. The first kappa shape index (κ1) is 17.4. The highest BCUT2D eigenvalue weighted by Gasteiger charge is 2.15. The van der Waals surface area contributed by atoms with Gasteiger partial charge in [0.25, 0.3) is 5.91 Å². The third kappa shape index (κ3) is 4.05. The topological polar surface area (TPSA) is 62.6 Å². The molecule has 0 aliphatic rings. The Kier molecular flexibility index (Phi) is 5.80. The molecular formula is C19H20N2O3. The Morgan fingerprint density at radius 1 is 1.17 bits per heavy atom. The summed E-state index contributed by atoms with van der Waals surface area (Å²) in [5, 5.41) is 8.82. The van der Waals surface area contributed by atoms with Crippen LogP contribution in [0.3, 0.4) is 0 Å². The number of carbonyl (C=O) groups excluding carboxylic acids is 1. The van der Waals surface area contributed by atoms with Crippen molar-refractivity contribution < 1.29 is 14.3 Å². The Labute approximate surface area is 142 Å². The molecule has 0 radical (unpaired) electrons. The predicted molar refractivity (Wildman–Crippen MR) is 91.1 cm³/mol. The summed E-state index contributed by atoms with van der Waals surface area (Å²) < 4.78 is 10.8. The second-order valence-electron chi connectivity index (χ2n) is 5.27. The molecule has 2 rings (SSSR count). The van der Waals surface area contributed by atoms with E-state index in [0.717, 1.165) is 5.56 Å². The van der Waals surface area contributed by atoms with E-state index in [1.165, 1.54) is 0 Å². The quantitative estimate of drug-likeness (QED) is 0.818. The first-order valence-electron chi connectivity index (χ1n) is 7.64. The zero-order valence-corrected chi connectivity index (χ0v) is 14.1. The van der Waals surface area contributed by atoms with Crippen LogP contribution in [0.2, 0.25) is 0 Å². The fraction of sp³-hybridized carbons (Fsp3) is 0.263. The van der Waals surface area contributed by atoms with E-state index in [0.29, 0.717) is 35.8 Å². The number of amides is 1. The van der Waals surface area contributed by atoms with Crippen molar-refractivity contribution in [3.63, 3.8) is 0 Å². The summed E-state index contributed by atoms with van der Waals surface area (Å²) >= 11 is 0. The second kappa shape index (κ2) is 8.02. The van der Waals surface area contributed by atoms with Crippen molar-refractivity contribution in [1.29, 1.82) is 5.26 Å². The van der Waals surface area contributed by atoms with Crippen LogP contribution in [0.1, 0.15) is 28.4 Å². The molecule has 0 atom stereocenters. The Hall–Kier alpha value is -3.00. The van der Waals surface area contributed by atoms with Crippen molar-refractivity contribution >= 4 is 5.91 Å². The molecule has 0 heterocycles. The highest BCUT2D eigenvalue weighted by molar-refractivity contribution is 5.94. The Bertz CT molecular complexity index is 748. The summed E-state index contributed by atoms with van der Waals surface area (Å²) in [5.41, 5.74) is 2.10. The van der Waals surface area contributed by atoms with E-state index in [-0.39, 0.29) is 5.91 Å².